The van der Waals surface area contributed by atoms with Crippen LogP contribution in [-0.4, -0.2) is 33.7 Å². The molecular formula is C20H21F3N2O4S. The van der Waals surface area contributed by atoms with Gasteiger partial charge in [0, 0.05) is 12.2 Å². The van der Waals surface area contributed by atoms with Crippen molar-refractivity contribution in [2.24, 2.45) is 0 Å². The molecule has 1 heterocycles. The molecule has 0 saturated carbocycles. The zero-order chi connectivity index (χ0) is 21.9. The number of nitrogens with zero attached hydrogens (tertiary/aromatic N) is 1. The van der Waals surface area contributed by atoms with Gasteiger partial charge in [-0.05, 0) is 61.7 Å². The van der Waals surface area contributed by atoms with Crippen molar-refractivity contribution in [1.29, 1.82) is 0 Å². The molecule has 0 unspecified atom stereocenters. The Morgan fingerprint density at radius 1 is 1.17 bits per heavy atom. The molecule has 0 saturated heterocycles. The molecule has 10 heteroatoms. The lowest BCUT2D eigenvalue weighted by molar-refractivity contribution is -0.151. The van der Waals surface area contributed by atoms with E-state index in [0.717, 1.165) is 4.90 Å². The number of ether oxygens (including phenoxy) is 1. The van der Waals surface area contributed by atoms with E-state index in [1.807, 2.05) is 6.92 Å². The molecule has 1 aliphatic rings. The van der Waals surface area contributed by atoms with Crippen LogP contribution in [0.15, 0.2) is 47.4 Å². The van der Waals surface area contributed by atoms with Crippen molar-refractivity contribution in [3.05, 3.63) is 48.0 Å². The molecule has 6 nitrogen and oxygen atoms in total. The minimum absolute atomic E-state index is 0.00803. The monoisotopic (exact) mass is 442 g/mol. The zero-order valence-electron chi connectivity index (χ0n) is 16.2. The fourth-order valence-corrected chi connectivity index (χ4v) is 4.31. The van der Waals surface area contributed by atoms with Gasteiger partial charge < -0.3 is 9.64 Å². The number of aryl methyl sites for hydroxylation is 1. The first-order chi connectivity index (χ1) is 14.1. The maximum absolute atomic E-state index is 12.7. The van der Waals surface area contributed by atoms with Crippen molar-refractivity contribution in [3.63, 3.8) is 0 Å². The van der Waals surface area contributed by atoms with E-state index in [9.17, 15) is 26.4 Å². The molecule has 3 rings (SSSR count). The summed E-state index contributed by atoms with van der Waals surface area (Å²) in [6.07, 6.45) is -5.04. The Kier molecular flexibility index (Phi) is 6.25. The summed E-state index contributed by atoms with van der Waals surface area (Å²) >= 11 is 0. The molecule has 0 radical (unpaired) electrons. The van der Waals surface area contributed by atoms with Crippen LogP contribution >= 0.6 is 0 Å². The number of alkyl halides is 3. The Morgan fingerprint density at radius 3 is 2.50 bits per heavy atom. The predicted molar refractivity (Wildman–Crippen MR) is 106 cm³/mol. The Morgan fingerprint density at radius 2 is 1.87 bits per heavy atom. The van der Waals surface area contributed by atoms with Crippen LogP contribution in [0, 0.1) is 0 Å². The van der Waals surface area contributed by atoms with Crippen LogP contribution in [0.4, 0.5) is 24.5 Å². The smallest absolute Gasteiger partial charge is 0.397 e. The van der Waals surface area contributed by atoms with Gasteiger partial charge in [-0.2, -0.15) is 13.2 Å². The number of fused-ring (bicyclic) bond motifs is 1. The lowest BCUT2D eigenvalue weighted by Crippen LogP contribution is -2.38. The van der Waals surface area contributed by atoms with Crippen molar-refractivity contribution >= 4 is 27.3 Å². The van der Waals surface area contributed by atoms with E-state index >= 15 is 0 Å². The second-order valence-corrected chi connectivity index (χ2v) is 8.48. The number of hydrogen-bond acceptors (Lipinski definition) is 4. The third-order valence-electron chi connectivity index (χ3n) is 4.55. The summed E-state index contributed by atoms with van der Waals surface area (Å²) in [4.78, 5) is 13.2. The van der Waals surface area contributed by atoms with E-state index in [1.54, 1.807) is 6.07 Å². The van der Waals surface area contributed by atoms with Crippen LogP contribution in [0.5, 0.6) is 5.75 Å². The number of carbonyl (C=O) groups is 1. The number of anilines is 2. The lowest BCUT2D eigenvalue weighted by atomic mass is 10.0. The van der Waals surface area contributed by atoms with Gasteiger partial charge in [0.1, 0.15) is 12.2 Å². The quantitative estimate of drug-likeness (QED) is 0.730. The molecule has 1 amide bonds. The zero-order valence-corrected chi connectivity index (χ0v) is 17.0. The van der Waals surface area contributed by atoms with Crippen molar-refractivity contribution < 1.29 is 31.1 Å². The van der Waals surface area contributed by atoms with Crippen LogP contribution in [0.3, 0.4) is 0 Å². The average Bonchev–Trinajstić information content (AvgIpc) is 2.66. The number of hydrogen-bond donors (Lipinski definition) is 1. The van der Waals surface area contributed by atoms with Crippen LogP contribution in [0.1, 0.15) is 25.3 Å². The van der Waals surface area contributed by atoms with E-state index in [4.69, 9.17) is 4.74 Å². The number of sulfonamides is 1. The standard InChI is InChI=1S/C20H21F3N2O4S/c1-2-29-16-7-9-17(10-8-16)30(27,28)24-15-6-5-14-4-3-11-25(18(14)12-15)19(26)13-20(21,22)23/h5-10,12,24H,2-4,11,13H2,1H3. The summed E-state index contributed by atoms with van der Waals surface area (Å²) in [6.45, 7) is 2.41. The first-order valence-electron chi connectivity index (χ1n) is 9.35. The summed E-state index contributed by atoms with van der Waals surface area (Å²) in [7, 11) is -3.93. The molecule has 1 aliphatic heterocycles. The highest BCUT2D eigenvalue weighted by molar-refractivity contribution is 7.92. The summed E-state index contributed by atoms with van der Waals surface area (Å²) in [6, 6.07) is 10.4. The second-order valence-electron chi connectivity index (χ2n) is 6.79. The Bertz CT molecular complexity index is 1020. The van der Waals surface area contributed by atoms with E-state index in [1.165, 1.54) is 36.4 Å². The molecule has 0 spiro atoms. The Hall–Kier alpha value is -2.75. The van der Waals surface area contributed by atoms with Crippen molar-refractivity contribution in [2.75, 3.05) is 22.8 Å². The highest BCUT2D eigenvalue weighted by atomic mass is 32.2. The lowest BCUT2D eigenvalue weighted by Gasteiger charge is -2.30. The van der Waals surface area contributed by atoms with Crippen molar-refractivity contribution in [2.45, 2.75) is 37.3 Å². The number of nitrogens with one attached hydrogen (secondary N) is 1. The van der Waals surface area contributed by atoms with Gasteiger partial charge in [-0.25, -0.2) is 8.42 Å². The van der Waals surface area contributed by atoms with Crippen molar-refractivity contribution in [1.82, 2.24) is 0 Å². The van der Waals surface area contributed by atoms with E-state index in [2.05, 4.69) is 4.72 Å². The van der Waals surface area contributed by atoms with Gasteiger partial charge in [0.25, 0.3) is 10.0 Å². The maximum atomic E-state index is 12.7. The molecule has 2 aromatic carbocycles. The van der Waals surface area contributed by atoms with Crippen LogP contribution in [0.25, 0.3) is 0 Å². The molecule has 162 valence electrons. The SMILES string of the molecule is CCOc1ccc(S(=O)(=O)Nc2ccc3c(c2)N(C(=O)CC(F)(F)F)CCC3)cc1. The maximum Gasteiger partial charge on any atom is 0.397 e. The van der Waals surface area contributed by atoms with Gasteiger partial charge >= 0.3 is 6.18 Å². The largest absolute Gasteiger partial charge is 0.494 e. The molecule has 0 atom stereocenters. The summed E-state index contributed by atoms with van der Waals surface area (Å²) in [5.41, 5.74) is 1.15. The highest BCUT2D eigenvalue weighted by Gasteiger charge is 2.35. The average molecular weight is 442 g/mol. The van der Waals surface area contributed by atoms with Gasteiger partial charge in [0.2, 0.25) is 5.91 Å². The highest BCUT2D eigenvalue weighted by Crippen LogP contribution is 2.33. The number of halogens is 3. The van der Waals surface area contributed by atoms with Crippen LogP contribution in [0.2, 0.25) is 0 Å². The van der Waals surface area contributed by atoms with Crippen LogP contribution in [-0.2, 0) is 21.2 Å². The summed E-state index contributed by atoms with van der Waals surface area (Å²) in [5, 5.41) is 0. The van der Waals surface area contributed by atoms with Crippen molar-refractivity contribution in [3.8, 4) is 5.75 Å². The number of benzene rings is 2. The normalized spacial score (nSPS) is 14.2. The Balaban J connectivity index is 1.84. The molecule has 0 aromatic heterocycles. The first-order valence-corrected chi connectivity index (χ1v) is 10.8. The topological polar surface area (TPSA) is 75.7 Å². The third kappa shape index (κ3) is 5.24. The van der Waals surface area contributed by atoms with Gasteiger partial charge in [-0.15, -0.1) is 0 Å². The van der Waals surface area contributed by atoms with Crippen LogP contribution < -0.4 is 14.4 Å². The molecule has 0 fully saturated rings. The number of rotatable bonds is 6. The molecule has 0 bridgehead atoms. The Labute approximate surface area is 172 Å². The molecular weight excluding hydrogens is 421 g/mol. The number of amides is 1. The van der Waals surface area contributed by atoms with Gasteiger partial charge in [-0.1, -0.05) is 6.07 Å². The van der Waals surface area contributed by atoms with Gasteiger partial charge in [0.05, 0.1) is 17.2 Å². The minimum Gasteiger partial charge on any atom is -0.494 e. The minimum atomic E-state index is -4.61. The van der Waals surface area contributed by atoms with Gasteiger partial charge in [-0.3, -0.25) is 9.52 Å². The molecule has 30 heavy (non-hydrogen) atoms. The van der Waals surface area contributed by atoms with E-state index in [-0.39, 0.29) is 17.1 Å². The summed E-state index contributed by atoms with van der Waals surface area (Å²) in [5.74, 6) is -0.529. The fraction of sp³-hybridized carbons (Fsp3) is 0.350. The fourth-order valence-electron chi connectivity index (χ4n) is 3.26. The third-order valence-corrected chi connectivity index (χ3v) is 5.95. The summed E-state index contributed by atoms with van der Waals surface area (Å²) < 4.78 is 71.0. The van der Waals surface area contributed by atoms with E-state index < -0.39 is 28.5 Å². The van der Waals surface area contributed by atoms with E-state index in [0.29, 0.717) is 36.4 Å². The molecule has 2 aromatic rings. The molecule has 0 aliphatic carbocycles. The number of carbonyl (C=O) groups excluding carboxylic acids is 1. The predicted octanol–water partition coefficient (Wildman–Crippen LogP) is 4.12. The first kappa shape index (κ1) is 21.9. The van der Waals surface area contributed by atoms with Gasteiger partial charge in [0.15, 0.2) is 0 Å². The molecule has 1 N–H and O–H groups in total. The second kappa shape index (κ2) is 8.55.